The predicted octanol–water partition coefficient (Wildman–Crippen LogP) is 18.0. The molecule has 0 saturated heterocycles. The van der Waals surface area contributed by atoms with Crippen LogP contribution in [0, 0.1) is 0 Å². The van der Waals surface area contributed by atoms with Crippen molar-refractivity contribution in [2.75, 3.05) is 9.80 Å². The van der Waals surface area contributed by atoms with Crippen molar-refractivity contribution in [3.8, 4) is 44.9 Å². The van der Waals surface area contributed by atoms with E-state index in [2.05, 4.69) is 247 Å². The molecule has 312 valence electrons. The van der Waals surface area contributed by atoms with Gasteiger partial charge in [0.15, 0.2) is 0 Å². The number of nitrogens with zero attached hydrogens (tertiary/aromatic N) is 2. The average Bonchev–Trinajstić information content (AvgIpc) is 3.94. The standard InChI is InChI=1S/C58H40N2O2.C3H6/c1-7-19-43(20-8-1)57-55(41-31-35-49(36-32-41)59(45-23-11-3-12-24-45)46-25-13-4-14-26-46)51-39-54-52(40-53(51)61-57)56(58(62-54)44-21-9-2-10-22-44)42-33-37-50(38-34-42)60(47-27-15-5-16-28-47)48-29-17-6-18-30-48;1-3-2/h1-40H;3H,1H2,2H3. The third-order valence-corrected chi connectivity index (χ3v) is 11.5. The molecule has 0 fully saturated rings. The number of allylic oxidation sites excluding steroid dienone is 1. The maximum Gasteiger partial charge on any atom is 0.143 e. The van der Waals surface area contributed by atoms with Gasteiger partial charge >= 0.3 is 0 Å². The predicted molar refractivity (Wildman–Crippen MR) is 273 cm³/mol. The van der Waals surface area contributed by atoms with Gasteiger partial charge in [0.1, 0.15) is 22.7 Å². The molecular formula is C61H46N2O2. The van der Waals surface area contributed by atoms with E-state index < -0.39 is 0 Å². The highest BCUT2D eigenvalue weighted by molar-refractivity contribution is 6.11. The average molecular weight is 839 g/mol. The highest BCUT2D eigenvalue weighted by Crippen LogP contribution is 2.48. The topological polar surface area (TPSA) is 32.8 Å². The monoisotopic (exact) mass is 838 g/mol. The summed E-state index contributed by atoms with van der Waals surface area (Å²) in [6, 6.07) is 84.6. The zero-order chi connectivity index (χ0) is 44.0. The fraction of sp³-hybridized carbons (Fsp3) is 0.0164. The largest absolute Gasteiger partial charge is 0.455 e. The molecule has 0 aliphatic rings. The van der Waals surface area contributed by atoms with Crippen molar-refractivity contribution >= 4 is 56.1 Å². The van der Waals surface area contributed by atoms with Gasteiger partial charge in [-0.05, 0) is 103 Å². The first-order chi connectivity index (χ1) is 32.2. The first kappa shape index (κ1) is 40.5. The lowest BCUT2D eigenvalue weighted by molar-refractivity contribution is 0.628. The quantitative estimate of drug-likeness (QED) is 0.128. The Labute approximate surface area is 380 Å². The molecule has 0 aliphatic heterocycles. The summed E-state index contributed by atoms with van der Waals surface area (Å²) < 4.78 is 13.9. The van der Waals surface area contributed by atoms with E-state index in [1.54, 1.807) is 6.08 Å². The normalized spacial score (nSPS) is 10.9. The molecular weight excluding hydrogens is 793 g/mol. The minimum Gasteiger partial charge on any atom is -0.455 e. The zero-order valence-corrected chi connectivity index (χ0v) is 36.1. The van der Waals surface area contributed by atoms with Crippen molar-refractivity contribution in [2.24, 2.45) is 0 Å². The molecule has 0 amide bonds. The van der Waals surface area contributed by atoms with Gasteiger partial charge < -0.3 is 18.6 Å². The SMILES string of the molecule is C=CC.c1ccc(-c2oc3cc4c(-c5ccc(N(c6ccccc6)c6ccccc6)cc5)c(-c5ccccc5)oc4cc3c2-c2ccc(N(c3ccccc3)c3ccccc3)cc2)cc1. The molecule has 4 nitrogen and oxygen atoms in total. The van der Waals surface area contributed by atoms with Crippen LogP contribution in [0.4, 0.5) is 34.1 Å². The van der Waals surface area contributed by atoms with Gasteiger partial charge in [0, 0.05) is 67.2 Å². The number of para-hydroxylation sites is 4. The second-order valence-corrected chi connectivity index (χ2v) is 15.7. The molecule has 0 atom stereocenters. The molecule has 0 spiro atoms. The number of rotatable bonds is 10. The highest BCUT2D eigenvalue weighted by atomic mass is 16.3. The van der Waals surface area contributed by atoms with Crippen LogP contribution in [0.1, 0.15) is 6.92 Å². The van der Waals surface area contributed by atoms with E-state index >= 15 is 0 Å². The molecule has 0 aliphatic carbocycles. The van der Waals surface area contributed by atoms with Gasteiger partial charge in [-0.1, -0.05) is 164 Å². The molecule has 9 aromatic carbocycles. The number of benzene rings is 9. The summed E-state index contributed by atoms with van der Waals surface area (Å²) >= 11 is 0. The zero-order valence-electron chi connectivity index (χ0n) is 36.1. The van der Waals surface area contributed by atoms with Crippen LogP contribution < -0.4 is 9.80 Å². The van der Waals surface area contributed by atoms with Crippen molar-refractivity contribution in [2.45, 2.75) is 6.92 Å². The number of hydrogen-bond donors (Lipinski definition) is 0. The minimum atomic E-state index is 0.795. The molecule has 0 N–H and O–H groups in total. The number of anilines is 6. The summed E-state index contributed by atoms with van der Waals surface area (Å²) in [4.78, 5) is 4.56. The molecule has 0 bridgehead atoms. The van der Waals surface area contributed by atoms with Crippen LogP contribution in [0.15, 0.2) is 264 Å². The van der Waals surface area contributed by atoms with Gasteiger partial charge in [0.2, 0.25) is 0 Å². The Morgan fingerprint density at radius 1 is 0.323 bits per heavy atom. The smallest absolute Gasteiger partial charge is 0.143 e. The number of fused-ring (bicyclic) bond motifs is 2. The van der Waals surface area contributed by atoms with Crippen molar-refractivity contribution < 1.29 is 8.83 Å². The van der Waals surface area contributed by atoms with Crippen LogP contribution in [0.5, 0.6) is 0 Å². The minimum absolute atomic E-state index is 0.795. The van der Waals surface area contributed by atoms with Crippen LogP contribution >= 0.6 is 0 Å². The van der Waals surface area contributed by atoms with E-state index in [0.29, 0.717) is 0 Å². The lowest BCUT2D eigenvalue weighted by atomic mass is 9.95. The van der Waals surface area contributed by atoms with Gasteiger partial charge in [0.25, 0.3) is 0 Å². The maximum absolute atomic E-state index is 6.96. The summed E-state index contributed by atoms with van der Waals surface area (Å²) in [7, 11) is 0. The summed E-state index contributed by atoms with van der Waals surface area (Å²) in [6.07, 6.45) is 1.75. The van der Waals surface area contributed by atoms with Crippen LogP contribution in [0.3, 0.4) is 0 Å². The second-order valence-electron chi connectivity index (χ2n) is 15.7. The molecule has 4 heteroatoms. The third kappa shape index (κ3) is 8.13. The van der Waals surface area contributed by atoms with Crippen LogP contribution in [-0.4, -0.2) is 0 Å². The molecule has 11 rings (SSSR count). The number of hydrogen-bond acceptors (Lipinski definition) is 4. The molecule has 2 heterocycles. The Morgan fingerprint density at radius 3 is 0.846 bits per heavy atom. The van der Waals surface area contributed by atoms with Crippen LogP contribution in [0.2, 0.25) is 0 Å². The van der Waals surface area contributed by atoms with Crippen molar-refractivity contribution in [1.29, 1.82) is 0 Å². The Balaban J connectivity index is 0.00000162. The van der Waals surface area contributed by atoms with Crippen molar-refractivity contribution in [3.05, 3.63) is 255 Å². The fourth-order valence-corrected chi connectivity index (χ4v) is 8.60. The van der Waals surface area contributed by atoms with Crippen molar-refractivity contribution in [3.63, 3.8) is 0 Å². The van der Waals surface area contributed by atoms with E-state index in [1.165, 1.54) is 0 Å². The number of furan rings is 2. The Morgan fingerprint density at radius 2 is 0.569 bits per heavy atom. The van der Waals surface area contributed by atoms with Crippen LogP contribution in [0.25, 0.3) is 66.8 Å². The summed E-state index contributed by atoms with van der Waals surface area (Å²) in [5.74, 6) is 1.64. The molecule has 0 radical (unpaired) electrons. The fourth-order valence-electron chi connectivity index (χ4n) is 8.60. The molecule has 11 aromatic rings. The second kappa shape index (κ2) is 18.4. The first-order valence-corrected chi connectivity index (χ1v) is 21.9. The van der Waals surface area contributed by atoms with E-state index in [9.17, 15) is 0 Å². The Kier molecular flexibility index (Phi) is 11.5. The van der Waals surface area contributed by atoms with E-state index in [1.807, 2.05) is 19.1 Å². The maximum atomic E-state index is 6.96. The Bertz CT molecular complexity index is 2990. The molecule has 2 aromatic heterocycles. The van der Waals surface area contributed by atoms with Gasteiger partial charge in [-0.2, -0.15) is 0 Å². The lowest BCUT2D eigenvalue weighted by Gasteiger charge is -2.25. The van der Waals surface area contributed by atoms with Gasteiger partial charge in [-0.3, -0.25) is 0 Å². The van der Waals surface area contributed by atoms with Gasteiger partial charge in [-0.25, -0.2) is 0 Å². The van der Waals surface area contributed by atoms with E-state index in [0.717, 1.165) is 101 Å². The molecule has 0 unspecified atom stereocenters. The Hall–Kier alpha value is -8.60. The third-order valence-electron chi connectivity index (χ3n) is 11.5. The summed E-state index contributed by atoms with van der Waals surface area (Å²) in [5, 5.41) is 1.98. The lowest BCUT2D eigenvalue weighted by Crippen LogP contribution is -2.09. The summed E-state index contributed by atoms with van der Waals surface area (Å²) in [6.45, 7) is 5.25. The molecule has 0 saturated carbocycles. The van der Waals surface area contributed by atoms with Gasteiger partial charge in [0.05, 0.1) is 0 Å². The van der Waals surface area contributed by atoms with Crippen molar-refractivity contribution in [1.82, 2.24) is 0 Å². The van der Waals surface area contributed by atoms with E-state index in [-0.39, 0.29) is 0 Å². The van der Waals surface area contributed by atoms with E-state index in [4.69, 9.17) is 8.83 Å². The molecule has 65 heavy (non-hydrogen) atoms. The summed E-state index contributed by atoms with van der Waals surface area (Å²) in [5.41, 5.74) is 14.3. The highest BCUT2D eigenvalue weighted by Gasteiger charge is 2.24. The first-order valence-electron chi connectivity index (χ1n) is 21.9. The van der Waals surface area contributed by atoms with Gasteiger partial charge in [-0.15, -0.1) is 6.58 Å². The van der Waals surface area contributed by atoms with Crippen LogP contribution in [-0.2, 0) is 0 Å².